The molecule has 7 aromatic carbocycles. The van der Waals surface area contributed by atoms with Gasteiger partial charge >= 0.3 is 0 Å². The number of fused-ring (bicyclic) bond motifs is 2. The van der Waals surface area contributed by atoms with E-state index in [2.05, 4.69) is 158 Å². The third-order valence-corrected chi connectivity index (χ3v) is 15.7. The van der Waals surface area contributed by atoms with Crippen LogP contribution in [-0.4, -0.2) is 6.79 Å². The third-order valence-electron chi connectivity index (χ3n) is 14.7. The number of hydrogen-bond donors (Lipinski definition) is 0. The van der Waals surface area contributed by atoms with Crippen molar-refractivity contribution < 1.29 is 14.2 Å². The van der Waals surface area contributed by atoms with E-state index in [0.29, 0.717) is 6.79 Å². The van der Waals surface area contributed by atoms with Crippen LogP contribution in [0.4, 0.5) is 0 Å². The summed E-state index contributed by atoms with van der Waals surface area (Å²) in [5, 5.41) is 1.37. The molecular formula is C69H82O3S. The minimum atomic E-state index is 0.360. The van der Waals surface area contributed by atoms with Crippen molar-refractivity contribution >= 4 is 21.4 Å². The van der Waals surface area contributed by atoms with Gasteiger partial charge < -0.3 is 14.2 Å². The Balaban J connectivity index is 0.000000126. The Hall–Kier alpha value is -6.10. The lowest BCUT2D eigenvalue weighted by Crippen LogP contribution is -2.44. The predicted molar refractivity (Wildman–Crippen MR) is 313 cm³/mol. The number of ether oxygens (including phenoxy) is 3. The summed E-state index contributed by atoms with van der Waals surface area (Å²) in [6.45, 7) is 17.8. The lowest BCUT2D eigenvalue weighted by molar-refractivity contribution is -0.0411. The zero-order valence-corrected chi connectivity index (χ0v) is 46.1. The largest absolute Gasteiger partial charge is 0.457 e. The number of aryl methyl sites for hydroxylation is 6. The van der Waals surface area contributed by atoms with Crippen LogP contribution in [0.2, 0.25) is 0 Å². The second kappa shape index (κ2) is 27.8. The second-order valence-electron chi connectivity index (χ2n) is 21.8. The summed E-state index contributed by atoms with van der Waals surface area (Å²) in [5.74, 6) is 7.94. The van der Waals surface area contributed by atoms with Crippen LogP contribution in [0.5, 0.6) is 23.0 Å². The Labute approximate surface area is 444 Å². The molecule has 5 aliphatic carbocycles. The molecule has 5 fully saturated rings. The smallest absolute Gasteiger partial charge is 0.231 e. The summed E-state index contributed by atoms with van der Waals surface area (Å²) in [6.07, 6.45) is 16.9. The van der Waals surface area contributed by atoms with Gasteiger partial charge in [0.2, 0.25) is 6.79 Å². The maximum atomic E-state index is 5.66. The summed E-state index contributed by atoms with van der Waals surface area (Å²) in [6, 6.07) is 61.8. The average Bonchev–Trinajstić information content (AvgIpc) is 4.01. The summed E-state index contributed by atoms with van der Waals surface area (Å²) < 4.78 is 17.3. The highest BCUT2D eigenvalue weighted by atomic mass is 32.1. The van der Waals surface area contributed by atoms with Gasteiger partial charge in [-0.3, -0.25) is 0 Å². The van der Waals surface area contributed by atoms with Crippen molar-refractivity contribution in [1.29, 1.82) is 0 Å². The topological polar surface area (TPSA) is 27.7 Å². The molecule has 0 amide bonds. The van der Waals surface area contributed by atoms with Crippen LogP contribution in [0.15, 0.2) is 182 Å². The molecule has 0 radical (unpaired) electrons. The van der Waals surface area contributed by atoms with Crippen LogP contribution in [0.1, 0.15) is 117 Å². The highest BCUT2D eigenvalue weighted by Crippen LogP contribution is 2.59. The van der Waals surface area contributed by atoms with E-state index in [1.165, 1.54) is 86.0 Å². The number of rotatable bonds is 3. The fraction of sp³-hybridized carbons (Fsp3) is 0.362. The van der Waals surface area contributed by atoms with E-state index >= 15 is 0 Å². The standard InChI is InChI=1S/C13H12O.C13H12.C11H18.C9H8S.C8H8O2.C8H10.C7H14/c1-11-6-5-9-13(10-11)14-12-7-3-2-4-8-12;1-11-7-5-6-10-13(11)12-8-3-2-4-9-12;1-11-5-8-2-9(6-11)4-10(3-8)7-11;1-7-6-8-4-2-3-5-9(8)10-7;1-6-2-3-7-8(4-6)10-5-9-7;1-7-4-3-5-8(2)6-7;1-7-5-3-2-4-6-7/h2-10H,1H3;2-10H,1H3;8-10H,2-7H2,1H3;2-6H,1H3;2-4H,5H2,1H3;3-6H,1-2H3;7H,2-6H2,1H3. The van der Waals surface area contributed by atoms with Crippen LogP contribution in [0, 0.1) is 70.6 Å². The maximum Gasteiger partial charge on any atom is 0.231 e. The summed E-state index contributed by atoms with van der Waals surface area (Å²) in [4.78, 5) is 1.39. The van der Waals surface area contributed by atoms with E-state index in [9.17, 15) is 0 Å². The molecule has 2 heterocycles. The molecule has 5 saturated carbocycles. The number of para-hydroxylation sites is 1. The van der Waals surface area contributed by atoms with Gasteiger partial charge in [-0.05, 0) is 191 Å². The minimum Gasteiger partial charge on any atom is -0.457 e. The molecule has 4 heteroatoms. The Bertz CT molecular complexity index is 2770. The van der Waals surface area contributed by atoms with Crippen LogP contribution in [0.3, 0.4) is 0 Å². The molecule has 0 spiro atoms. The van der Waals surface area contributed by atoms with Crippen LogP contribution in [0.25, 0.3) is 21.2 Å². The first-order valence-electron chi connectivity index (χ1n) is 27.1. The summed E-state index contributed by atoms with van der Waals surface area (Å²) in [5.41, 5.74) is 9.82. The van der Waals surface area contributed by atoms with Gasteiger partial charge in [-0.25, -0.2) is 0 Å². The zero-order chi connectivity index (χ0) is 51.4. The molecule has 0 N–H and O–H groups in total. The Morgan fingerprint density at radius 1 is 0.479 bits per heavy atom. The van der Waals surface area contributed by atoms with Crippen molar-refractivity contribution in [2.45, 2.75) is 126 Å². The van der Waals surface area contributed by atoms with Crippen LogP contribution >= 0.6 is 11.3 Å². The highest BCUT2D eigenvalue weighted by molar-refractivity contribution is 7.19. The second-order valence-corrected chi connectivity index (χ2v) is 23.1. The number of benzene rings is 7. The van der Waals surface area contributed by atoms with Gasteiger partial charge in [-0.2, -0.15) is 0 Å². The number of hydrogen-bond acceptors (Lipinski definition) is 4. The van der Waals surface area contributed by atoms with E-state index in [1.54, 1.807) is 38.5 Å². The molecule has 14 rings (SSSR count). The van der Waals surface area contributed by atoms with Crippen molar-refractivity contribution in [3.05, 3.63) is 215 Å². The van der Waals surface area contributed by atoms with E-state index in [-0.39, 0.29) is 0 Å². The Morgan fingerprint density at radius 3 is 1.58 bits per heavy atom. The Kier molecular flexibility index (Phi) is 20.8. The molecule has 1 aromatic heterocycles. The average molecular weight is 991 g/mol. The molecule has 1 aliphatic heterocycles. The van der Waals surface area contributed by atoms with Crippen molar-refractivity contribution in [3.63, 3.8) is 0 Å². The first-order valence-corrected chi connectivity index (χ1v) is 27.9. The summed E-state index contributed by atoms with van der Waals surface area (Å²) in [7, 11) is 0. The van der Waals surface area contributed by atoms with Gasteiger partial charge in [0.15, 0.2) is 11.5 Å². The van der Waals surface area contributed by atoms with Gasteiger partial charge in [-0.15, -0.1) is 11.3 Å². The van der Waals surface area contributed by atoms with Gasteiger partial charge in [0.05, 0.1) is 0 Å². The molecule has 8 aromatic rings. The van der Waals surface area contributed by atoms with E-state index in [0.717, 1.165) is 52.1 Å². The van der Waals surface area contributed by atoms with E-state index < -0.39 is 0 Å². The first kappa shape index (κ1) is 54.7. The van der Waals surface area contributed by atoms with Crippen molar-refractivity contribution in [2.75, 3.05) is 6.79 Å². The molecule has 6 aliphatic rings. The summed E-state index contributed by atoms with van der Waals surface area (Å²) >= 11 is 1.85. The molecule has 73 heavy (non-hydrogen) atoms. The zero-order valence-electron chi connectivity index (χ0n) is 45.2. The minimum absolute atomic E-state index is 0.360. The molecule has 0 saturated heterocycles. The van der Waals surface area contributed by atoms with Crippen LogP contribution in [-0.2, 0) is 0 Å². The molecule has 0 atom stereocenters. The quantitative estimate of drug-likeness (QED) is 0.177. The maximum absolute atomic E-state index is 5.66. The Morgan fingerprint density at radius 2 is 1.01 bits per heavy atom. The van der Waals surface area contributed by atoms with Gasteiger partial charge in [0.25, 0.3) is 0 Å². The van der Waals surface area contributed by atoms with Crippen molar-refractivity contribution in [1.82, 2.24) is 0 Å². The third kappa shape index (κ3) is 18.1. The molecule has 3 nitrogen and oxygen atoms in total. The lowest BCUT2D eigenvalue weighted by Gasteiger charge is -2.55. The molecular weight excluding hydrogens is 909 g/mol. The lowest BCUT2D eigenvalue weighted by atomic mass is 9.50. The van der Waals surface area contributed by atoms with Gasteiger partial charge in [0, 0.05) is 9.58 Å². The SMILES string of the molecule is CC12CC3CC(CC(C3)C1)C2.CC1CCCCC1.Cc1cc2ccccc2s1.Cc1ccc2c(c1)OCO2.Cc1cccc(C)c1.Cc1cccc(Oc2ccccc2)c1.Cc1ccccc1-c1ccccc1. The fourth-order valence-electron chi connectivity index (χ4n) is 11.6. The van der Waals surface area contributed by atoms with Crippen molar-refractivity contribution in [3.8, 4) is 34.1 Å². The van der Waals surface area contributed by atoms with E-state index in [1.807, 2.05) is 91.1 Å². The molecule has 4 bridgehead atoms. The van der Waals surface area contributed by atoms with Crippen molar-refractivity contribution in [2.24, 2.45) is 29.1 Å². The van der Waals surface area contributed by atoms with E-state index in [4.69, 9.17) is 14.2 Å². The first-order chi connectivity index (χ1) is 35.4. The highest BCUT2D eigenvalue weighted by Gasteiger charge is 2.48. The monoisotopic (exact) mass is 991 g/mol. The fourth-order valence-corrected chi connectivity index (χ4v) is 12.5. The predicted octanol–water partition coefficient (Wildman–Crippen LogP) is 20.5. The number of thiophene rings is 1. The molecule has 382 valence electrons. The normalized spacial score (nSPS) is 19.5. The molecule has 0 unspecified atom stereocenters. The van der Waals surface area contributed by atoms with Gasteiger partial charge in [-0.1, -0.05) is 191 Å². The van der Waals surface area contributed by atoms with Gasteiger partial charge in [0.1, 0.15) is 11.5 Å². The van der Waals surface area contributed by atoms with Crippen LogP contribution < -0.4 is 14.2 Å².